The van der Waals surface area contributed by atoms with E-state index < -0.39 is 17.9 Å². The molecule has 0 bridgehead atoms. The zero-order valence-electron chi connectivity index (χ0n) is 10.8. The van der Waals surface area contributed by atoms with Crippen LogP contribution in [0, 0.1) is 23.2 Å². The number of carboxylic acid groups (broad SMARTS) is 2. The van der Waals surface area contributed by atoms with Crippen LogP contribution in [0.3, 0.4) is 0 Å². The minimum atomic E-state index is -1.25. The molecule has 98 valence electrons. The molecule has 17 heavy (non-hydrogen) atoms. The molecule has 4 heteroatoms. The summed E-state index contributed by atoms with van der Waals surface area (Å²) >= 11 is 0. The van der Waals surface area contributed by atoms with E-state index >= 15 is 0 Å². The molecule has 1 rings (SSSR count). The second-order valence-electron chi connectivity index (χ2n) is 6.07. The molecule has 0 aromatic heterocycles. The maximum atomic E-state index is 11.1. The molecule has 4 nitrogen and oxygen atoms in total. The minimum Gasteiger partial charge on any atom is -0.481 e. The van der Waals surface area contributed by atoms with E-state index in [1.54, 1.807) is 0 Å². The molecule has 0 aromatic rings. The van der Waals surface area contributed by atoms with Crippen LogP contribution in [0.1, 0.15) is 46.5 Å². The highest BCUT2D eigenvalue weighted by atomic mass is 16.4. The van der Waals surface area contributed by atoms with Gasteiger partial charge < -0.3 is 10.2 Å². The van der Waals surface area contributed by atoms with Gasteiger partial charge in [-0.25, -0.2) is 0 Å². The monoisotopic (exact) mass is 242 g/mol. The van der Waals surface area contributed by atoms with Crippen LogP contribution < -0.4 is 0 Å². The number of hydrogen-bond acceptors (Lipinski definition) is 2. The molecule has 1 saturated carbocycles. The molecule has 2 N–H and O–H groups in total. The summed E-state index contributed by atoms with van der Waals surface area (Å²) in [6.45, 7) is 6.20. The predicted octanol–water partition coefficient (Wildman–Crippen LogP) is 2.62. The summed E-state index contributed by atoms with van der Waals surface area (Å²) in [4.78, 5) is 22.3. The molecule has 1 aliphatic carbocycles. The number of rotatable bonds is 3. The van der Waals surface area contributed by atoms with E-state index in [0.717, 1.165) is 19.3 Å². The first-order valence-corrected chi connectivity index (χ1v) is 6.20. The van der Waals surface area contributed by atoms with Crippen LogP contribution in [0.25, 0.3) is 0 Å². The summed E-state index contributed by atoms with van der Waals surface area (Å²) in [5, 5.41) is 18.2. The Morgan fingerprint density at radius 3 is 1.94 bits per heavy atom. The van der Waals surface area contributed by atoms with Crippen LogP contribution in [0.15, 0.2) is 0 Å². The second-order valence-corrected chi connectivity index (χ2v) is 6.07. The summed E-state index contributed by atoms with van der Waals surface area (Å²) in [5.41, 5.74) is -0.0335. The molecular formula is C13H22O4. The van der Waals surface area contributed by atoms with Gasteiger partial charge in [-0.05, 0) is 30.1 Å². The van der Waals surface area contributed by atoms with Crippen molar-refractivity contribution in [2.75, 3.05) is 0 Å². The van der Waals surface area contributed by atoms with E-state index in [1.165, 1.54) is 0 Å². The van der Waals surface area contributed by atoms with Crippen LogP contribution >= 0.6 is 0 Å². The smallest absolute Gasteiger partial charge is 0.318 e. The zero-order valence-corrected chi connectivity index (χ0v) is 10.8. The van der Waals surface area contributed by atoms with Gasteiger partial charge in [0.2, 0.25) is 0 Å². The Labute approximate surface area is 102 Å². The van der Waals surface area contributed by atoms with Gasteiger partial charge in [-0.15, -0.1) is 0 Å². The van der Waals surface area contributed by atoms with Crippen molar-refractivity contribution in [2.45, 2.75) is 46.5 Å². The summed E-state index contributed by atoms with van der Waals surface area (Å²) in [6.07, 6.45) is 3.66. The molecule has 0 aromatic carbocycles. The van der Waals surface area contributed by atoms with Crippen molar-refractivity contribution in [1.29, 1.82) is 0 Å². The van der Waals surface area contributed by atoms with Crippen LogP contribution in [-0.4, -0.2) is 22.2 Å². The third kappa shape index (κ3) is 3.20. The average molecular weight is 242 g/mol. The minimum absolute atomic E-state index is 0.0335. The molecule has 0 radical (unpaired) electrons. The van der Waals surface area contributed by atoms with E-state index in [0.29, 0.717) is 6.42 Å². The Morgan fingerprint density at radius 1 is 1.06 bits per heavy atom. The Balaban J connectivity index is 2.97. The lowest BCUT2D eigenvalue weighted by atomic mass is 9.62. The van der Waals surface area contributed by atoms with Crippen LogP contribution in [0.2, 0.25) is 0 Å². The Kier molecular flexibility index (Phi) is 4.17. The second kappa shape index (κ2) is 5.07. The van der Waals surface area contributed by atoms with E-state index in [1.807, 2.05) is 0 Å². The summed E-state index contributed by atoms with van der Waals surface area (Å²) < 4.78 is 0. The van der Waals surface area contributed by atoms with Gasteiger partial charge in [-0.1, -0.05) is 33.6 Å². The lowest BCUT2D eigenvalue weighted by Crippen LogP contribution is -2.41. The fourth-order valence-corrected chi connectivity index (χ4v) is 3.11. The van der Waals surface area contributed by atoms with Gasteiger partial charge in [0, 0.05) is 0 Å². The Hall–Kier alpha value is -1.06. The van der Waals surface area contributed by atoms with Gasteiger partial charge >= 0.3 is 11.9 Å². The molecule has 0 spiro atoms. The van der Waals surface area contributed by atoms with Gasteiger partial charge in [0.05, 0.1) is 0 Å². The SMILES string of the molecule is CC(C)(C)C1CCCCC1C(C(=O)O)C(=O)O. The van der Waals surface area contributed by atoms with Crippen molar-refractivity contribution >= 4 is 11.9 Å². The number of hydrogen-bond donors (Lipinski definition) is 2. The third-order valence-electron chi connectivity index (χ3n) is 3.89. The molecular weight excluding hydrogens is 220 g/mol. The largest absolute Gasteiger partial charge is 0.481 e. The lowest BCUT2D eigenvalue weighted by Gasteiger charge is -2.41. The molecule has 1 aliphatic rings. The van der Waals surface area contributed by atoms with E-state index in [2.05, 4.69) is 20.8 Å². The highest BCUT2D eigenvalue weighted by Crippen LogP contribution is 2.45. The maximum Gasteiger partial charge on any atom is 0.318 e. The third-order valence-corrected chi connectivity index (χ3v) is 3.89. The number of carbonyl (C=O) groups is 2. The summed E-state index contributed by atoms with van der Waals surface area (Å²) in [6, 6.07) is 0. The number of carboxylic acids is 2. The van der Waals surface area contributed by atoms with Crippen molar-refractivity contribution in [1.82, 2.24) is 0 Å². The normalized spacial score (nSPS) is 25.9. The van der Waals surface area contributed by atoms with Crippen molar-refractivity contribution in [3.05, 3.63) is 0 Å². The highest BCUT2D eigenvalue weighted by Gasteiger charge is 2.44. The van der Waals surface area contributed by atoms with Crippen LogP contribution in [0.4, 0.5) is 0 Å². The van der Waals surface area contributed by atoms with Gasteiger partial charge in [-0.2, -0.15) is 0 Å². The first-order chi connectivity index (χ1) is 7.75. The highest BCUT2D eigenvalue weighted by molar-refractivity contribution is 5.93. The van der Waals surface area contributed by atoms with E-state index in [9.17, 15) is 9.59 Å². The molecule has 0 heterocycles. The standard InChI is InChI=1S/C13H22O4/c1-13(2,3)9-7-5-4-6-8(9)10(11(14)15)12(16)17/h8-10H,4-7H2,1-3H3,(H,14,15)(H,16,17). The molecule has 2 atom stereocenters. The first-order valence-electron chi connectivity index (χ1n) is 6.20. The molecule has 1 fully saturated rings. The maximum absolute atomic E-state index is 11.1. The topological polar surface area (TPSA) is 74.6 Å². The average Bonchev–Trinajstić information content (AvgIpc) is 2.15. The first kappa shape index (κ1) is 14.0. The summed E-state index contributed by atoms with van der Waals surface area (Å²) in [7, 11) is 0. The van der Waals surface area contributed by atoms with Crippen molar-refractivity contribution in [3.8, 4) is 0 Å². The summed E-state index contributed by atoms with van der Waals surface area (Å²) in [5.74, 6) is -3.70. The zero-order chi connectivity index (χ0) is 13.2. The van der Waals surface area contributed by atoms with E-state index in [4.69, 9.17) is 10.2 Å². The number of aliphatic carboxylic acids is 2. The lowest BCUT2D eigenvalue weighted by molar-refractivity contribution is -0.160. The van der Waals surface area contributed by atoms with Gasteiger partial charge in [0.1, 0.15) is 0 Å². The van der Waals surface area contributed by atoms with Crippen molar-refractivity contribution in [3.63, 3.8) is 0 Å². The Bertz CT molecular complexity index is 289. The van der Waals surface area contributed by atoms with Gasteiger partial charge in [0.25, 0.3) is 0 Å². The predicted molar refractivity (Wildman–Crippen MR) is 63.7 cm³/mol. The quantitative estimate of drug-likeness (QED) is 0.746. The van der Waals surface area contributed by atoms with Gasteiger partial charge in [0.15, 0.2) is 5.92 Å². The fourth-order valence-electron chi connectivity index (χ4n) is 3.11. The van der Waals surface area contributed by atoms with Crippen molar-refractivity contribution < 1.29 is 19.8 Å². The van der Waals surface area contributed by atoms with E-state index in [-0.39, 0.29) is 17.3 Å². The molecule has 0 saturated heterocycles. The molecule has 0 amide bonds. The van der Waals surface area contributed by atoms with Crippen LogP contribution in [0.5, 0.6) is 0 Å². The fraction of sp³-hybridized carbons (Fsp3) is 0.846. The van der Waals surface area contributed by atoms with Gasteiger partial charge in [-0.3, -0.25) is 9.59 Å². The molecule has 2 unspecified atom stereocenters. The molecule has 0 aliphatic heterocycles. The Morgan fingerprint density at radius 2 is 1.53 bits per heavy atom. The van der Waals surface area contributed by atoms with Crippen LogP contribution in [-0.2, 0) is 9.59 Å². The van der Waals surface area contributed by atoms with Crippen molar-refractivity contribution in [2.24, 2.45) is 23.2 Å².